The second-order valence-electron chi connectivity index (χ2n) is 5.03. The number of benzene rings is 2. The Hall–Kier alpha value is -2.72. The number of carbonyl (C=O) groups excluding carboxylic acids is 1. The van der Waals surface area contributed by atoms with Crippen molar-refractivity contribution in [1.82, 2.24) is 4.98 Å². The molecular formula is C19H16N2OS. The SMILES string of the molecule is O=C(C=Cc1ccccc1)Nc1ncc(Cc2ccccc2)s1. The van der Waals surface area contributed by atoms with E-state index in [9.17, 15) is 4.79 Å². The normalized spacial score (nSPS) is 10.8. The van der Waals surface area contributed by atoms with E-state index in [1.54, 1.807) is 6.08 Å². The van der Waals surface area contributed by atoms with Crippen molar-refractivity contribution in [3.05, 3.63) is 88.9 Å². The van der Waals surface area contributed by atoms with Gasteiger partial charge in [-0.2, -0.15) is 0 Å². The topological polar surface area (TPSA) is 42.0 Å². The van der Waals surface area contributed by atoms with Crippen LogP contribution in [0.3, 0.4) is 0 Å². The Labute approximate surface area is 139 Å². The second kappa shape index (κ2) is 7.51. The molecule has 0 unspecified atom stereocenters. The van der Waals surface area contributed by atoms with Gasteiger partial charge in [0.2, 0.25) is 5.91 Å². The van der Waals surface area contributed by atoms with Crippen LogP contribution in [0.2, 0.25) is 0 Å². The van der Waals surface area contributed by atoms with Crippen LogP contribution in [-0.2, 0) is 11.2 Å². The van der Waals surface area contributed by atoms with Gasteiger partial charge in [-0.05, 0) is 17.2 Å². The number of hydrogen-bond acceptors (Lipinski definition) is 3. The molecule has 3 nitrogen and oxygen atoms in total. The first-order valence-corrected chi connectivity index (χ1v) is 8.14. The molecule has 0 bridgehead atoms. The summed E-state index contributed by atoms with van der Waals surface area (Å²) in [7, 11) is 0. The van der Waals surface area contributed by atoms with E-state index in [0.29, 0.717) is 5.13 Å². The van der Waals surface area contributed by atoms with Gasteiger partial charge in [-0.15, -0.1) is 11.3 Å². The molecule has 0 saturated carbocycles. The molecule has 0 radical (unpaired) electrons. The lowest BCUT2D eigenvalue weighted by atomic mass is 10.1. The number of aromatic nitrogens is 1. The molecule has 3 rings (SSSR count). The third-order valence-corrected chi connectivity index (χ3v) is 4.14. The highest BCUT2D eigenvalue weighted by Crippen LogP contribution is 2.21. The number of nitrogens with one attached hydrogen (secondary N) is 1. The molecule has 2 aromatic carbocycles. The van der Waals surface area contributed by atoms with Gasteiger partial charge in [0, 0.05) is 23.6 Å². The van der Waals surface area contributed by atoms with Gasteiger partial charge in [-0.25, -0.2) is 4.98 Å². The van der Waals surface area contributed by atoms with Crippen LogP contribution in [0.4, 0.5) is 5.13 Å². The minimum Gasteiger partial charge on any atom is -0.298 e. The third kappa shape index (κ3) is 4.63. The number of nitrogens with zero attached hydrogens (tertiary/aromatic N) is 1. The Morgan fingerprint density at radius 3 is 2.48 bits per heavy atom. The van der Waals surface area contributed by atoms with Gasteiger partial charge in [-0.1, -0.05) is 60.7 Å². The summed E-state index contributed by atoms with van der Waals surface area (Å²) in [5.41, 5.74) is 2.23. The molecule has 114 valence electrons. The highest BCUT2D eigenvalue weighted by Gasteiger charge is 2.05. The second-order valence-corrected chi connectivity index (χ2v) is 6.14. The molecule has 0 saturated heterocycles. The average Bonchev–Trinajstić information content (AvgIpc) is 3.02. The van der Waals surface area contributed by atoms with Crippen LogP contribution in [0.15, 0.2) is 72.9 Å². The van der Waals surface area contributed by atoms with E-state index in [1.807, 2.05) is 54.7 Å². The smallest absolute Gasteiger partial charge is 0.250 e. The number of thiazole rings is 1. The monoisotopic (exact) mass is 320 g/mol. The van der Waals surface area contributed by atoms with Crippen LogP contribution in [0.5, 0.6) is 0 Å². The molecule has 0 atom stereocenters. The number of rotatable bonds is 5. The zero-order valence-electron chi connectivity index (χ0n) is 12.5. The van der Waals surface area contributed by atoms with Crippen molar-refractivity contribution in [1.29, 1.82) is 0 Å². The lowest BCUT2D eigenvalue weighted by Gasteiger charge is -1.97. The van der Waals surface area contributed by atoms with Crippen molar-refractivity contribution in [2.75, 3.05) is 5.32 Å². The van der Waals surface area contributed by atoms with Gasteiger partial charge in [0.05, 0.1) is 0 Å². The summed E-state index contributed by atoms with van der Waals surface area (Å²) >= 11 is 1.50. The van der Waals surface area contributed by atoms with E-state index < -0.39 is 0 Å². The first-order chi connectivity index (χ1) is 11.3. The van der Waals surface area contributed by atoms with Crippen molar-refractivity contribution >= 4 is 28.5 Å². The van der Waals surface area contributed by atoms with Crippen molar-refractivity contribution in [2.45, 2.75) is 6.42 Å². The number of anilines is 1. The Balaban J connectivity index is 1.58. The standard InChI is InChI=1S/C19H16N2OS/c22-18(12-11-15-7-3-1-4-8-15)21-19-20-14-17(23-19)13-16-9-5-2-6-10-16/h1-12,14H,13H2,(H,20,21,22). The first kappa shape index (κ1) is 15.2. The maximum absolute atomic E-state index is 11.9. The van der Waals surface area contributed by atoms with Gasteiger partial charge in [0.25, 0.3) is 0 Å². The summed E-state index contributed by atoms with van der Waals surface area (Å²) in [6.07, 6.45) is 5.95. The third-order valence-electron chi connectivity index (χ3n) is 3.23. The van der Waals surface area contributed by atoms with E-state index in [0.717, 1.165) is 16.9 Å². The van der Waals surface area contributed by atoms with Crippen LogP contribution < -0.4 is 5.32 Å². The van der Waals surface area contributed by atoms with E-state index in [4.69, 9.17) is 0 Å². The van der Waals surface area contributed by atoms with Gasteiger partial charge >= 0.3 is 0 Å². The summed E-state index contributed by atoms with van der Waals surface area (Å²) < 4.78 is 0. The molecule has 4 heteroatoms. The summed E-state index contributed by atoms with van der Waals surface area (Å²) in [6.45, 7) is 0. The van der Waals surface area contributed by atoms with Crippen molar-refractivity contribution in [3.63, 3.8) is 0 Å². The van der Waals surface area contributed by atoms with Gasteiger partial charge in [-0.3, -0.25) is 10.1 Å². The maximum atomic E-state index is 11.9. The Morgan fingerprint density at radius 1 is 1.04 bits per heavy atom. The number of hydrogen-bond donors (Lipinski definition) is 1. The van der Waals surface area contributed by atoms with Gasteiger partial charge in [0.1, 0.15) is 0 Å². The zero-order valence-corrected chi connectivity index (χ0v) is 13.3. The molecule has 1 N–H and O–H groups in total. The Morgan fingerprint density at radius 2 is 1.74 bits per heavy atom. The summed E-state index contributed by atoms with van der Waals surface area (Å²) in [5, 5.41) is 3.42. The van der Waals surface area contributed by atoms with Crippen LogP contribution >= 0.6 is 11.3 Å². The van der Waals surface area contributed by atoms with Gasteiger partial charge in [0.15, 0.2) is 5.13 Å². The lowest BCUT2D eigenvalue weighted by Crippen LogP contribution is -2.06. The fraction of sp³-hybridized carbons (Fsp3) is 0.0526. The molecule has 0 spiro atoms. The molecule has 1 aromatic heterocycles. The molecule has 3 aromatic rings. The molecular weight excluding hydrogens is 304 g/mol. The first-order valence-electron chi connectivity index (χ1n) is 7.32. The minimum absolute atomic E-state index is 0.172. The van der Waals surface area contributed by atoms with Crippen LogP contribution in [0.1, 0.15) is 16.0 Å². The molecule has 0 aliphatic carbocycles. The number of amides is 1. The molecule has 0 fully saturated rings. The Bertz CT molecular complexity index is 795. The summed E-state index contributed by atoms with van der Waals surface area (Å²) in [6, 6.07) is 19.9. The minimum atomic E-state index is -0.172. The zero-order chi connectivity index (χ0) is 15.9. The fourth-order valence-electron chi connectivity index (χ4n) is 2.13. The number of carbonyl (C=O) groups is 1. The molecule has 1 heterocycles. The van der Waals surface area contributed by atoms with Crippen LogP contribution in [0.25, 0.3) is 6.08 Å². The maximum Gasteiger partial charge on any atom is 0.250 e. The summed E-state index contributed by atoms with van der Waals surface area (Å²) in [5.74, 6) is -0.172. The van der Waals surface area contributed by atoms with Gasteiger partial charge < -0.3 is 0 Å². The molecule has 1 amide bonds. The quantitative estimate of drug-likeness (QED) is 0.709. The molecule has 0 aliphatic rings. The lowest BCUT2D eigenvalue weighted by molar-refractivity contribution is -0.111. The fourth-order valence-corrected chi connectivity index (χ4v) is 2.98. The highest BCUT2D eigenvalue weighted by atomic mass is 32.1. The van der Waals surface area contributed by atoms with Crippen LogP contribution in [0, 0.1) is 0 Å². The highest BCUT2D eigenvalue weighted by molar-refractivity contribution is 7.15. The predicted octanol–water partition coefficient (Wildman–Crippen LogP) is 4.39. The van der Waals surface area contributed by atoms with E-state index >= 15 is 0 Å². The molecule has 23 heavy (non-hydrogen) atoms. The average molecular weight is 320 g/mol. The van der Waals surface area contributed by atoms with Crippen LogP contribution in [-0.4, -0.2) is 10.9 Å². The predicted molar refractivity (Wildman–Crippen MR) is 95.5 cm³/mol. The largest absolute Gasteiger partial charge is 0.298 e. The Kier molecular flexibility index (Phi) is 4.96. The van der Waals surface area contributed by atoms with E-state index in [1.165, 1.54) is 23.0 Å². The van der Waals surface area contributed by atoms with E-state index in [2.05, 4.69) is 22.4 Å². The van der Waals surface area contributed by atoms with Crippen molar-refractivity contribution < 1.29 is 4.79 Å². The summed E-state index contributed by atoms with van der Waals surface area (Å²) in [4.78, 5) is 17.3. The van der Waals surface area contributed by atoms with E-state index in [-0.39, 0.29) is 5.91 Å². The van der Waals surface area contributed by atoms with Crippen molar-refractivity contribution in [2.24, 2.45) is 0 Å². The molecule has 0 aliphatic heterocycles. The van der Waals surface area contributed by atoms with Crippen molar-refractivity contribution in [3.8, 4) is 0 Å².